The number of allylic oxidation sites excluding steroid dienone is 4. The molecule has 4 heterocycles. The number of hydrogen-bond acceptors (Lipinski definition) is 10. The first kappa shape index (κ1) is 49.0. The number of rotatable bonds is 4. The van der Waals surface area contributed by atoms with Crippen molar-refractivity contribution in [3.05, 3.63) is 93.5 Å². The molecule has 18 heteroatoms. The van der Waals surface area contributed by atoms with Gasteiger partial charge < -0.3 is 71.5 Å². The van der Waals surface area contributed by atoms with Gasteiger partial charge >= 0.3 is 11.9 Å². The van der Waals surface area contributed by atoms with E-state index < -0.39 is 11.9 Å². The molecule has 58 heavy (non-hydrogen) atoms. The van der Waals surface area contributed by atoms with Crippen molar-refractivity contribution in [1.82, 2.24) is 9.80 Å². The fourth-order valence-corrected chi connectivity index (χ4v) is 10.2. The number of piperidine rings is 2. The van der Waals surface area contributed by atoms with Gasteiger partial charge in [-0.25, -0.2) is 9.59 Å². The van der Waals surface area contributed by atoms with E-state index in [1.165, 1.54) is 33.4 Å². The van der Waals surface area contributed by atoms with E-state index >= 15 is 0 Å². The lowest BCUT2D eigenvalue weighted by Crippen LogP contribution is -2.58. The van der Waals surface area contributed by atoms with Gasteiger partial charge in [-0.05, 0) is 99.4 Å². The van der Waals surface area contributed by atoms with Crippen LogP contribution >= 0.6 is 0 Å². The molecule has 8 aliphatic rings. The van der Waals surface area contributed by atoms with Crippen molar-refractivity contribution in [1.29, 1.82) is 0 Å². The first-order chi connectivity index (χ1) is 25.0. The third-order valence-electron chi connectivity index (χ3n) is 12.5. The van der Waals surface area contributed by atoms with Crippen LogP contribution in [0.5, 0.6) is 23.0 Å². The SMILES string of the molecule is COC1=CC=C2[C@H]3Cc4ccc(OC)c5c4[C@@]2(CCN3C)[C@H]1O5.COC1=CC=C2[C@H]3Cc4ccc(OC)c5c4[C@@]2(CCN3C)[C@H]1O5.O.O.O.O.O.O.O=C(O)C(=O)O. The molecule has 10 rings (SSSR count). The maximum atomic E-state index is 9.10. The van der Waals surface area contributed by atoms with Crippen LogP contribution in [0.1, 0.15) is 35.1 Å². The van der Waals surface area contributed by atoms with Crippen LogP contribution in [-0.2, 0) is 42.7 Å². The van der Waals surface area contributed by atoms with Gasteiger partial charge in [0.1, 0.15) is 11.5 Å². The number of ether oxygens (including phenoxy) is 6. The molecule has 14 N–H and O–H groups in total. The van der Waals surface area contributed by atoms with E-state index in [1.807, 2.05) is 12.1 Å². The molecule has 4 bridgehead atoms. The number of hydrogen-bond donors (Lipinski definition) is 2. The van der Waals surface area contributed by atoms with E-state index in [1.54, 1.807) is 28.4 Å². The average Bonchev–Trinajstić information content (AvgIpc) is 3.69. The molecule has 322 valence electrons. The molecule has 18 nitrogen and oxygen atoms in total. The van der Waals surface area contributed by atoms with Gasteiger partial charge in [0, 0.05) is 23.2 Å². The number of carboxylic acids is 2. The number of carboxylic acid groups (broad SMARTS) is 2. The van der Waals surface area contributed by atoms with Gasteiger partial charge in [-0.15, -0.1) is 0 Å². The highest BCUT2D eigenvalue weighted by Crippen LogP contribution is 2.64. The van der Waals surface area contributed by atoms with Gasteiger partial charge in [0.25, 0.3) is 0 Å². The van der Waals surface area contributed by atoms with Crippen LogP contribution < -0.4 is 18.9 Å². The second kappa shape index (κ2) is 17.8. The van der Waals surface area contributed by atoms with Crippen molar-refractivity contribution < 1.29 is 81.1 Å². The van der Waals surface area contributed by atoms with E-state index in [0.717, 1.165) is 73.3 Å². The maximum absolute atomic E-state index is 9.10. The number of likely N-dealkylation sites (tertiary alicyclic amines) is 2. The van der Waals surface area contributed by atoms with E-state index in [4.69, 9.17) is 48.2 Å². The molecule has 2 aromatic rings. The Morgan fingerprint density at radius 2 is 0.966 bits per heavy atom. The Morgan fingerprint density at radius 1 is 0.603 bits per heavy atom. The second-order valence-electron chi connectivity index (χ2n) is 14.5. The number of methoxy groups -OCH3 is 4. The summed E-state index contributed by atoms with van der Waals surface area (Å²) >= 11 is 0. The summed E-state index contributed by atoms with van der Waals surface area (Å²) in [4.78, 5) is 23.2. The van der Waals surface area contributed by atoms with Crippen LogP contribution in [0.2, 0.25) is 0 Å². The number of benzene rings is 2. The molecule has 2 aromatic carbocycles. The smallest absolute Gasteiger partial charge is 0.414 e. The molecule has 2 fully saturated rings. The van der Waals surface area contributed by atoms with Crippen LogP contribution in [0.25, 0.3) is 0 Å². The third kappa shape index (κ3) is 6.55. The summed E-state index contributed by atoms with van der Waals surface area (Å²) in [6.07, 6.45) is 12.8. The zero-order chi connectivity index (χ0) is 36.7. The number of likely N-dealkylation sites (N-methyl/N-ethyl adjacent to an activating group) is 2. The molecule has 4 aliphatic heterocycles. The summed E-state index contributed by atoms with van der Waals surface area (Å²) in [6.45, 7) is 2.16. The molecule has 0 saturated carbocycles. The van der Waals surface area contributed by atoms with Crippen LogP contribution in [0, 0.1) is 0 Å². The average molecular weight is 821 g/mol. The molecular formula is C40H56N2O16. The lowest BCUT2D eigenvalue weighted by molar-refractivity contribution is -0.159. The van der Waals surface area contributed by atoms with E-state index in [9.17, 15) is 0 Å². The molecular weight excluding hydrogens is 764 g/mol. The minimum atomic E-state index is -1.82. The third-order valence-corrected chi connectivity index (χ3v) is 12.5. The fourth-order valence-electron chi connectivity index (χ4n) is 10.2. The van der Waals surface area contributed by atoms with Gasteiger partial charge in [0.05, 0.1) is 39.3 Å². The number of aliphatic carboxylic acids is 2. The first-order valence-corrected chi connectivity index (χ1v) is 17.6. The number of carbonyl (C=O) groups is 2. The Labute approximate surface area is 335 Å². The minimum Gasteiger partial charge on any atom is -0.497 e. The molecule has 6 atom stereocenters. The highest BCUT2D eigenvalue weighted by Gasteiger charge is 2.63. The lowest BCUT2D eigenvalue weighted by atomic mass is 9.57. The Balaban J connectivity index is 0.000000322. The van der Waals surface area contributed by atoms with Crippen molar-refractivity contribution in [3.63, 3.8) is 0 Å². The summed E-state index contributed by atoms with van der Waals surface area (Å²) in [6, 6.07) is 9.44. The highest BCUT2D eigenvalue weighted by atomic mass is 16.6. The Kier molecular flexibility index (Phi) is 15.0. The van der Waals surface area contributed by atoms with Crippen LogP contribution in [0.15, 0.2) is 71.2 Å². The van der Waals surface area contributed by atoms with Crippen molar-refractivity contribution in [2.75, 3.05) is 55.6 Å². The molecule has 2 saturated heterocycles. The zero-order valence-corrected chi connectivity index (χ0v) is 33.2. The van der Waals surface area contributed by atoms with Gasteiger partial charge in [-0.1, -0.05) is 24.3 Å². The van der Waals surface area contributed by atoms with Crippen LogP contribution in [0.4, 0.5) is 0 Å². The topological polar surface area (TPSA) is 325 Å². The summed E-state index contributed by atoms with van der Waals surface area (Å²) < 4.78 is 35.4. The predicted molar refractivity (Wildman–Crippen MR) is 211 cm³/mol. The van der Waals surface area contributed by atoms with Crippen molar-refractivity contribution >= 4 is 11.9 Å². The predicted octanol–water partition coefficient (Wildman–Crippen LogP) is -0.944. The van der Waals surface area contributed by atoms with E-state index in [0.29, 0.717) is 12.1 Å². The molecule has 4 aliphatic carbocycles. The van der Waals surface area contributed by atoms with Gasteiger partial charge in [-0.3, -0.25) is 9.80 Å². The minimum absolute atomic E-state index is 0. The maximum Gasteiger partial charge on any atom is 0.414 e. The molecule has 0 radical (unpaired) electrons. The highest BCUT2D eigenvalue weighted by molar-refractivity contribution is 6.27. The molecule has 0 unspecified atom stereocenters. The molecule has 0 aromatic heterocycles. The Bertz CT molecular complexity index is 1870. The van der Waals surface area contributed by atoms with Crippen LogP contribution in [0.3, 0.4) is 0 Å². The monoisotopic (exact) mass is 820 g/mol. The van der Waals surface area contributed by atoms with Crippen molar-refractivity contribution in [3.8, 4) is 23.0 Å². The van der Waals surface area contributed by atoms with Gasteiger partial charge in [0.2, 0.25) is 0 Å². The fraction of sp³-hybridized carbons (Fsp3) is 0.450. The molecule has 0 amide bonds. The van der Waals surface area contributed by atoms with E-state index in [2.05, 4.69) is 60.3 Å². The van der Waals surface area contributed by atoms with Gasteiger partial charge in [-0.2, -0.15) is 0 Å². The molecule has 2 spiro atoms. The largest absolute Gasteiger partial charge is 0.497 e. The first-order valence-electron chi connectivity index (χ1n) is 17.6. The quantitative estimate of drug-likeness (QED) is 0.353. The summed E-state index contributed by atoms with van der Waals surface area (Å²) in [5.74, 6) is 1.71. The summed E-state index contributed by atoms with van der Waals surface area (Å²) in [5, 5.41) is 14.8. The summed E-state index contributed by atoms with van der Waals surface area (Å²) in [7, 11) is 11.4. The standard InChI is InChI=1S/2C19H21NO3.C2H2O4.6H2O/c2*1-20-9-8-19-12-5-7-15(22-3)18(19)23-17-14(21-2)6-4-11(16(17)19)10-13(12)20;3-1(4)2(5)6;;;;;;/h2*4-7,13,18H,8-10H2,1-3H3;(H,3,4)(H,5,6);6*1H2/t2*13-,18+,19+;;;;;;;/m11......./s1. The Morgan fingerprint density at radius 3 is 1.28 bits per heavy atom. The lowest BCUT2D eigenvalue weighted by Gasteiger charge is -2.52. The van der Waals surface area contributed by atoms with Gasteiger partial charge in [0.15, 0.2) is 35.2 Å². The second-order valence-corrected chi connectivity index (χ2v) is 14.5. The zero-order valence-electron chi connectivity index (χ0n) is 33.2. The van der Waals surface area contributed by atoms with Crippen molar-refractivity contribution in [2.45, 2.75) is 60.8 Å². The van der Waals surface area contributed by atoms with Crippen LogP contribution in [-0.4, -0.2) is 145 Å². The Hall–Kier alpha value is -5.18. The van der Waals surface area contributed by atoms with E-state index in [-0.39, 0.29) is 55.9 Å². The normalized spacial score (nSPS) is 27.2. The summed E-state index contributed by atoms with van der Waals surface area (Å²) in [5.41, 5.74) is 8.31. The van der Waals surface area contributed by atoms with Crippen molar-refractivity contribution in [2.24, 2.45) is 0 Å². The number of nitrogens with zero attached hydrogens (tertiary/aromatic N) is 2.